The minimum atomic E-state index is -0.255. The Labute approximate surface area is 145 Å². The number of aryl methyl sites for hydroxylation is 2. The summed E-state index contributed by atoms with van der Waals surface area (Å²) in [7, 11) is 0. The van der Waals surface area contributed by atoms with E-state index >= 15 is 0 Å². The van der Waals surface area contributed by atoms with Gasteiger partial charge in [-0.3, -0.25) is 4.79 Å². The van der Waals surface area contributed by atoms with Crippen LogP contribution in [0.15, 0.2) is 46.9 Å². The normalized spacial score (nSPS) is 12.6. The van der Waals surface area contributed by atoms with Crippen LogP contribution in [-0.4, -0.2) is 15.9 Å². The van der Waals surface area contributed by atoms with Gasteiger partial charge in [0.15, 0.2) is 5.76 Å². The molecule has 5 heteroatoms. The number of amides is 1. The highest BCUT2D eigenvalue weighted by Crippen LogP contribution is 2.26. The summed E-state index contributed by atoms with van der Waals surface area (Å²) in [5, 5.41) is 3.94. The molecule has 2 N–H and O–H groups in total. The molecule has 25 heavy (non-hydrogen) atoms. The maximum absolute atomic E-state index is 12.7. The first kappa shape index (κ1) is 15.4. The number of rotatable bonds is 3. The molecular weight excluding hydrogens is 314 g/mol. The summed E-state index contributed by atoms with van der Waals surface area (Å²) in [6, 6.07) is 13.5. The van der Waals surface area contributed by atoms with Crippen molar-refractivity contribution in [3.8, 4) is 0 Å². The van der Waals surface area contributed by atoms with E-state index < -0.39 is 0 Å². The van der Waals surface area contributed by atoms with Crippen LogP contribution in [-0.2, 0) is 0 Å². The van der Waals surface area contributed by atoms with Gasteiger partial charge in [0.05, 0.1) is 17.1 Å². The van der Waals surface area contributed by atoms with Crippen LogP contribution >= 0.6 is 0 Å². The predicted octanol–water partition coefficient (Wildman–Crippen LogP) is 4.42. The van der Waals surface area contributed by atoms with Crippen molar-refractivity contribution in [1.29, 1.82) is 0 Å². The number of aromatic nitrogens is 2. The zero-order chi connectivity index (χ0) is 17.6. The average Bonchev–Trinajstić information content (AvgIpc) is 3.17. The van der Waals surface area contributed by atoms with Crippen molar-refractivity contribution in [2.24, 2.45) is 0 Å². The highest BCUT2D eigenvalue weighted by atomic mass is 16.3. The van der Waals surface area contributed by atoms with Gasteiger partial charge in [0, 0.05) is 10.9 Å². The van der Waals surface area contributed by atoms with E-state index in [2.05, 4.69) is 15.3 Å². The van der Waals surface area contributed by atoms with E-state index in [1.54, 1.807) is 0 Å². The van der Waals surface area contributed by atoms with Crippen molar-refractivity contribution in [2.75, 3.05) is 0 Å². The van der Waals surface area contributed by atoms with E-state index in [1.807, 2.05) is 63.2 Å². The third-order valence-corrected chi connectivity index (χ3v) is 4.46. The Morgan fingerprint density at radius 3 is 2.80 bits per heavy atom. The van der Waals surface area contributed by atoms with E-state index in [9.17, 15) is 4.79 Å². The molecule has 0 radical (unpaired) electrons. The fourth-order valence-electron chi connectivity index (χ4n) is 3.06. The highest BCUT2D eigenvalue weighted by Gasteiger charge is 2.21. The second kappa shape index (κ2) is 5.77. The van der Waals surface area contributed by atoms with Gasteiger partial charge in [-0.15, -0.1) is 0 Å². The zero-order valence-electron chi connectivity index (χ0n) is 14.4. The molecule has 0 fully saturated rings. The number of nitrogens with zero attached hydrogens (tertiary/aromatic N) is 1. The molecule has 0 bridgehead atoms. The first-order chi connectivity index (χ1) is 12.0. The summed E-state index contributed by atoms with van der Waals surface area (Å²) in [4.78, 5) is 20.5. The zero-order valence-corrected chi connectivity index (χ0v) is 14.4. The molecule has 0 saturated heterocycles. The lowest BCUT2D eigenvalue weighted by molar-refractivity contribution is 0.0911. The molecule has 2 heterocycles. The van der Waals surface area contributed by atoms with Crippen LogP contribution < -0.4 is 5.32 Å². The maximum atomic E-state index is 12.7. The van der Waals surface area contributed by atoms with Crippen molar-refractivity contribution in [3.63, 3.8) is 0 Å². The van der Waals surface area contributed by atoms with E-state index in [0.717, 1.165) is 39.0 Å². The highest BCUT2D eigenvalue weighted by molar-refractivity contribution is 5.99. The van der Waals surface area contributed by atoms with Crippen LogP contribution in [0.3, 0.4) is 0 Å². The third-order valence-electron chi connectivity index (χ3n) is 4.46. The Kier molecular flexibility index (Phi) is 3.57. The smallest absolute Gasteiger partial charge is 0.287 e. The monoisotopic (exact) mass is 333 g/mol. The summed E-state index contributed by atoms with van der Waals surface area (Å²) in [6.45, 7) is 5.83. The summed E-state index contributed by atoms with van der Waals surface area (Å²) >= 11 is 0. The number of carbonyl (C=O) groups is 1. The maximum Gasteiger partial charge on any atom is 0.287 e. The van der Waals surface area contributed by atoms with E-state index in [-0.39, 0.29) is 11.9 Å². The number of aromatic amines is 1. The second-order valence-corrected chi connectivity index (χ2v) is 6.39. The molecule has 0 aliphatic heterocycles. The number of nitrogens with one attached hydrogen (secondary N) is 2. The molecule has 0 spiro atoms. The van der Waals surface area contributed by atoms with Crippen LogP contribution in [0.4, 0.5) is 0 Å². The first-order valence-corrected chi connectivity index (χ1v) is 8.28. The van der Waals surface area contributed by atoms with Gasteiger partial charge < -0.3 is 14.7 Å². The third kappa shape index (κ3) is 2.67. The minimum Gasteiger partial charge on any atom is -0.451 e. The molecule has 5 nitrogen and oxygen atoms in total. The van der Waals surface area contributed by atoms with Crippen molar-refractivity contribution < 1.29 is 9.21 Å². The lowest BCUT2D eigenvalue weighted by atomic mass is 10.1. The van der Waals surface area contributed by atoms with E-state index in [4.69, 9.17) is 4.42 Å². The molecule has 1 amide bonds. The summed E-state index contributed by atoms with van der Waals surface area (Å²) in [6.07, 6.45) is 0. The average molecular weight is 333 g/mol. The van der Waals surface area contributed by atoms with Gasteiger partial charge in [-0.2, -0.15) is 0 Å². The van der Waals surface area contributed by atoms with Crippen molar-refractivity contribution in [2.45, 2.75) is 26.8 Å². The molecule has 4 aromatic rings. The largest absolute Gasteiger partial charge is 0.451 e. The molecule has 2 aromatic heterocycles. The van der Waals surface area contributed by atoms with Crippen LogP contribution in [0.5, 0.6) is 0 Å². The fourth-order valence-corrected chi connectivity index (χ4v) is 3.06. The molecule has 0 aliphatic rings. The number of carbonyl (C=O) groups excluding carboxylic acids is 1. The number of fused-ring (bicyclic) bond motifs is 2. The number of H-pyrrole nitrogens is 1. The van der Waals surface area contributed by atoms with Gasteiger partial charge in [-0.1, -0.05) is 23.8 Å². The molecule has 4 rings (SSSR count). The van der Waals surface area contributed by atoms with Crippen LogP contribution in [0, 0.1) is 13.8 Å². The quantitative estimate of drug-likeness (QED) is 0.583. The van der Waals surface area contributed by atoms with Crippen molar-refractivity contribution in [3.05, 3.63) is 65.2 Å². The number of benzene rings is 2. The van der Waals surface area contributed by atoms with Gasteiger partial charge in [0.2, 0.25) is 0 Å². The number of hydrogen-bond donors (Lipinski definition) is 2. The predicted molar refractivity (Wildman–Crippen MR) is 97.7 cm³/mol. The molecular formula is C20H19N3O2. The summed E-state index contributed by atoms with van der Waals surface area (Å²) in [5.41, 5.74) is 4.56. The van der Waals surface area contributed by atoms with Gasteiger partial charge in [-0.05, 0) is 45.0 Å². The Bertz CT molecular complexity index is 1060. The van der Waals surface area contributed by atoms with Gasteiger partial charge in [0.1, 0.15) is 11.4 Å². The standard InChI is InChI=1S/C20H19N3O2/c1-11-8-9-17-14(10-11)12(2)18(25-17)20(24)21-13(3)19-22-15-6-4-5-7-16(15)23-19/h4-10,13H,1-3H3,(H,21,24)(H,22,23)/t13-/m0/s1. The Morgan fingerprint density at radius 2 is 2.00 bits per heavy atom. The van der Waals surface area contributed by atoms with Gasteiger partial charge >= 0.3 is 0 Å². The Hall–Kier alpha value is -3.08. The number of para-hydroxylation sites is 2. The fraction of sp³-hybridized carbons (Fsp3) is 0.200. The van der Waals surface area contributed by atoms with Crippen molar-refractivity contribution in [1.82, 2.24) is 15.3 Å². The molecule has 0 unspecified atom stereocenters. The molecule has 126 valence electrons. The van der Waals surface area contributed by atoms with Gasteiger partial charge in [0.25, 0.3) is 5.91 Å². The second-order valence-electron chi connectivity index (χ2n) is 6.39. The number of imidazole rings is 1. The van der Waals surface area contributed by atoms with Crippen LogP contribution in [0.1, 0.15) is 40.5 Å². The lowest BCUT2D eigenvalue weighted by Crippen LogP contribution is -2.27. The number of furan rings is 1. The van der Waals surface area contributed by atoms with E-state index in [1.165, 1.54) is 0 Å². The molecule has 2 aromatic carbocycles. The molecule has 0 saturated carbocycles. The minimum absolute atomic E-state index is 0.237. The van der Waals surface area contributed by atoms with Crippen LogP contribution in [0.2, 0.25) is 0 Å². The number of hydrogen-bond acceptors (Lipinski definition) is 3. The van der Waals surface area contributed by atoms with Crippen molar-refractivity contribution >= 4 is 27.9 Å². The van der Waals surface area contributed by atoms with E-state index in [0.29, 0.717) is 5.76 Å². The SMILES string of the molecule is Cc1ccc2oc(C(=O)N[C@@H](C)c3nc4ccccc4[nH]3)c(C)c2c1. The van der Waals surface area contributed by atoms with Crippen LogP contribution in [0.25, 0.3) is 22.0 Å². The van der Waals surface area contributed by atoms with Gasteiger partial charge in [-0.25, -0.2) is 4.98 Å². The lowest BCUT2D eigenvalue weighted by Gasteiger charge is -2.10. The Morgan fingerprint density at radius 1 is 1.20 bits per heavy atom. The summed E-state index contributed by atoms with van der Waals surface area (Å²) < 4.78 is 5.77. The Balaban J connectivity index is 1.62. The first-order valence-electron chi connectivity index (χ1n) is 8.28. The molecule has 1 atom stereocenters. The topological polar surface area (TPSA) is 70.9 Å². The summed E-state index contributed by atoms with van der Waals surface area (Å²) in [5.74, 6) is 0.835. The molecule has 0 aliphatic carbocycles.